The fraction of sp³-hybridized carbons (Fsp3) is 0.478. The smallest absolute Gasteiger partial charge is 0.178 e. The third-order valence-electron chi connectivity index (χ3n) is 4.69. The number of azo groups is 1. The zero-order valence-electron chi connectivity index (χ0n) is 20.1. The molecule has 0 bridgehead atoms. The molecular weight excluding hydrogens is 472 g/mol. The number of benzene rings is 2. The van der Waals surface area contributed by atoms with Crippen molar-refractivity contribution in [3.63, 3.8) is 0 Å². The number of hydrogen-bond acceptors (Lipinski definition) is 9. The highest BCUT2D eigenvalue weighted by Gasteiger charge is 2.13. The minimum Gasteiger partial charge on any atom is -0.379 e. The molecule has 0 heterocycles. The van der Waals surface area contributed by atoms with Crippen LogP contribution in [0.1, 0.15) is 6.42 Å². The molecule has 12 heteroatoms. The summed E-state index contributed by atoms with van der Waals surface area (Å²) >= 11 is 0. The first-order valence-corrected chi connectivity index (χ1v) is 12.8. The van der Waals surface area contributed by atoms with E-state index in [9.17, 15) is 8.42 Å². The zero-order valence-corrected chi connectivity index (χ0v) is 20.9. The van der Waals surface area contributed by atoms with Crippen LogP contribution in [-0.4, -0.2) is 74.5 Å². The normalized spacial score (nSPS) is 11.5. The molecule has 2 rings (SSSR count). The molecular formula is C23H32N6O5S. The maximum absolute atomic E-state index is 12.5. The SMILES string of the molecule is CN(C)c1ccc(N=Nc2ccc(S(=O)(=O)CCCOCCOCCOCCN=[N+]=[N-])cc2)cc1. The van der Waals surface area contributed by atoms with Gasteiger partial charge in [-0.25, -0.2) is 8.42 Å². The average Bonchev–Trinajstić information content (AvgIpc) is 2.86. The van der Waals surface area contributed by atoms with Gasteiger partial charge in [-0.1, -0.05) is 5.11 Å². The first-order valence-electron chi connectivity index (χ1n) is 11.2. The third-order valence-corrected chi connectivity index (χ3v) is 6.50. The molecule has 0 amide bonds. The monoisotopic (exact) mass is 504 g/mol. The minimum absolute atomic E-state index is 0.00797. The lowest BCUT2D eigenvalue weighted by molar-refractivity contribution is 0.0162. The molecule has 35 heavy (non-hydrogen) atoms. The van der Waals surface area contributed by atoms with Gasteiger partial charge in [-0.05, 0) is 60.5 Å². The second kappa shape index (κ2) is 15.8. The molecule has 2 aromatic rings. The first-order chi connectivity index (χ1) is 16.9. The van der Waals surface area contributed by atoms with Crippen LogP contribution < -0.4 is 4.90 Å². The molecule has 2 aromatic carbocycles. The highest BCUT2D eigenvalue weighted by molar-refractivity contribution is 7.91. The number of ether oxygens (including phenoxy) is 3. The van der Waals surface area contributed by atoms with Crippen LogP contribution in [0.5, 0.6) is 0 Å². The fourth-order valence-corrected chi connectivity index (χ4v) is 4.10. The van der Waals surface area contributed by atoms with Gasteiger partial charge in [0.05, 0.1) is 55.1 Å². The van der Waals surface area contributed by atoms with Gasteiger partial charge in [-0.2, -0.15) is 10.2 Å². The van der Waals surface area contributed by atoms with Gasteiger partial charge in [0.2, 0.25) is 0 Å². The molecule has 0 fully saturated rings. The molecule has 0 saturated carbocycles. The van der Waals surface area contributed by atoms with Gasteiger partial charge < -0.3 is 19.1 Å². The molecule has 0 aliphatic rings. The first kappa shape index (κ1) is 28.2. The van der Waals surface area contributed by atoms with Crippen LogP contribution in [-0.2, 0) is 24.0 Å². The maximum Gasteiger partial charge on any atom is 0.178 e. The van der Waals surface area contributed by atoms with E-state index in [-0.39, 0.29) is 10.6 Å². The minimum atomic E-state index is -3.41. The van der Waals surface area contributed by atoms with Crippen molar-refractivity contribution in [2.45, 2.75) is 11.3 Å². The van der Waals surface area contributed by atoms with Gasteiger partial charge in [0.15, 0.2) is 9.84 Å². The summed E-state index contributed by atoms with van der Waals surface area (Å²) in [5, 5.41) is 11.7. The van der Waals surface area contributed by atoms with Crippen LogP contribution in [0, 0.1) is 0 Å². The number of nitrogens with zero attached hydrogens (tertiary/aromatic N) is 6. The molecule has 0 spiro atoms. The molecule has 190 valence electrons. The second-order valence-electron chi connectivity index (χ2n) is 7.57. The van der Waals surface area contributed by atoms with Crippen molar-refractivity contribution in [2.75, 3.05) is 70.9 Å². The van der Waals surface area contributed by atoms with Crippen molar-refractivity contribution in [3.8, 4) is 0 Å². The van der Waals surface area contributed by atoms with E-state index in [0.29, 0.717) is 64.0 Å². The van der Waals surface area contributed by atoms with E-state index in [0.717, 1.165) is 5.69 Å². The van der Waals surface area contributed by atoms with Gasteiger partial charge >= 0.3 is 0 Å². The topological polar surface area (TPSA) is 139 Å². The maximum atomic E-state index is 12.5. The van der Waals surface area contributed by atoms with Crippen molar-refractivity contribution in [3.05, 3.63) is 59.0 Å². The molecule has 0 N–H and O–H groups in total. The van der Waals surface area contributed by atoms with Crippen molar-refractivity contribution >= 4 is 26.9 Å². The lowest BCUT2D eigenvalue weighted by atomic mass is 10.3. The van der Waals surface area contributed by atoms with Gasteiger partial charge in [0, 0.05) is 37.8 Å². The fourth-order valence-electron chi connectivity index (χ4n) is 2.81. The Balaban J connectivity index is 1.64. The second-order valence-corrected chi connectivity index (χ2v) is 9.68. The summed E-state index contributed by atoms with van der Waals surface area (Å²) in [5.41, 5.74) is 10.5. The molecule has 0 aliphatic carbocycles. The Labute approximate surface area is 206 Å². The van der Waals surface area contributed by atoms with Crippen LogP contribution in [0.4, 0.5) is 17.1 Å². The number of hydrogen-bond donors (Lipinski definition) is 0. The number of azide groups is 1. The lowest BCUT2D eigenvalue weighted by Crippen LogP contribution is -2.13. The van der Waals surface area contributed by atoms with E-state index in [1.165, 1.54) is 0 Å². The number of anilines is 1. The van der Waals surface area contributed by atoms with Crippen molar-refractivity contribution < 1.29 is 22.6 Å². The summed E-state index contributed by atoms with van der Waals surface area (Å²) in [6.07, 6.45) is 0.384. The standard InChI is InChI=1S/C23H32N6O5S/c1-29(2)22-8-4-20(5-9-22)26-27-21-6-10-23(11-7-21)35(30,31)19-3-13-32-15-17-34-18-16-33-14-12-25-28-24/h4-11H,3,12-19H2,1-2H3. The summed E-state index contributed by atoms with van der Waals surface area (Å²) in [6, 6.07) is 14.0. The Morgan fingerprint density at radius 3 is 1.86 bits per heavy atom. The molecule has 0 atom stereocenters. The third kappa shape index (κ3) is 11.3. The van der Waals surface area contributed by atoms with Crippen LogP contribution >= 0.6 is 0 Å². The average molecular weight is 505 g/mol. The molecule has 0 saturated heterocycles. The summed E-state index contributed by atoms with van der Waals surface area (Å²) in [5.74, 6) is -0.00797. The van der Waals surface area contributed by atoms with E-state index in [1.54, 1.807) is 24.3 Å². The quantitative estimate of drug-likeness (QED) is 0.132. The molecule has 0 radical (unpaired) electrons. The van der Waals surface area contributed by atoms with Crippen molar-refractivity contribution in [1.29, 1.82) is 0 Å². The summed E-state index contributed by atoms with van der Waals surface area (Å²) in [6.45, 7) is 2.55. The number of rotatable bonds is 17. The summed E-state index contributed by atoms with van der Waals surface area (Å²) in [7, 11) is 0.525. The van der Waals surface area contributed by atoms with Crippen LogP contribution in [0.3, 0.4) is 0 Å². The Kier molecular flexibility index (Phi) is 12.7. The van der Waals surface area contributed by atoms with E-state index >= 15 is 0 Å². The van der Waals surface area contributed by atoms with Crippen LogP contribution in [0.15, 0.2) is 68.8 Å². The van der Waals surface area contributed by atoms with Gasteiger partial charge in [0.1, 0.15) is 0 Å². The van der Waals surface area contributed by atoms with E-state index in [2.05, 4.69) is 20.3 Å². The van der Waals surface area contributed by atoms with Crippen molar-refractivity contribution in [1.82, 2.24) is 0 Å². The molecule has 0 aromatic heterocycles. The Bertz CT molecular complexity index is 1050. The molecule has 0 unspecified atom stereocenters. The summed E-state index contributed by atoms with van der Waals surface area (Å²) in [4.78, 5) is 4.87. The van der Waals surface area contributed by atoms with Crippen LogP contribution in [0.2, 0.25) is 0 Å². The Morgan fingerprint density at radius 2 is 1.31 bits per heavy atom. The lowest BCUT2D eigenvalue weighted by Gasteiger charge is -2.11. The molecule has 11 nitrogen and oxygen atoms in total. The van der Waals surface area contributed by atoms with Gasteiger partial charge in [-0.15, -0.1) is 0 Å². The van der Waals surface area contributed by atoms with E-state index < -0.39 is 9.84 Å². The predicted molar refractivity (Wildman–Crippen MR) is 135 cm³/mol. The largest absolute Gasteiger partial charge is 0.379 e. The van der Waals surface area contributed by atoms with Gasteiger partial charge in [0.25, 0.3) is 0 Å². The predicted octanol–water partition coefficient (Wildman–Crippen LogP) is 4.69. The van der Waals surface area contributed by atoms with Crippen LogP contribution in [0.25, 0.3) is 10.4 Å². The zero-order chi connectivity index (χ0) is 25.4. The van der Waals surface area contributed by atoms with E-state index in [4.69, 9.17) is 19.7 Å². The molecule has 0 aliphatic heterocycles. The van der Waals surface area contributed by atoms with Crippen molar-refractivity contribution in [2.24, 2.45) is 15.3 Å². The Hall–Kier alpha value is -3.02. The van der Waals surface area contributed by atoms with E-state index in [1.807, 2.05) is 43.3 Å². The Morgan fingerprint density at radius 1 is 0.800 bits per heavy atom. The van der Waals surface area contributed by atoms with Gasteiger partial charge in [-0.3, -0.25) is 0 Å². The summed E-state index contributed by atoms with van der Waals surface area (Å²) < 4.78 is 41.0. The highest BCUT2D eigenvalue weighted by Crippen LogP contribution is 2.23. The number of sulfone groups is 1. The highest BCUT2D eigenvalue weighted by atomic mass is 32.2.